The monoisotopic (exact) mass is 432 g/mol. The van der Waals surface area contributed by atoms with Gasteiger partial charge in [0.25, 0.3) is 6.01 Å². The third-order valence-corrected chi connectivity index (χ3v) is 5.91. The Hall–Kier alpha value is -2.26. The number of fused-ring (bicyclic) bond motifs is 2. The molecular formula is C23H29FN2O5. The van der Waals surface area contributed by atoms with Crippen LogP contribution in [-0.2, 0) is 9.47 Å². The molecule has 2 aliphatic rings. The molecule has 2 saturated heterocycles. The summed E-state index contributed by atoms with van der Waals surface area (Å²) in [6.07, 6.45) is 5.68. The van der Waals surface area contributed by atoms with Crippen LogP contribution >= 0.6 is 0 Å². The van der Waals surface area contributed by atoms with Crippen LogP contribution in [0.5, 0.6) is 6.01 Å². The number of allylic oxidation sites excluding steroid dienone is 4. The molecule has 1 aromatic carbocycles. The van der Waals surface area contributed by atoms with Crippen molar-refractivity contribution in [2.75, 3.05) is 19.8 Å². The van der Waals surface area contributed by atoms with Crippen LogP contribution in [-0.4, -0.2) is 64.4 Å². The molecule has 0 saturated carbocycles. The highest BCUT2D eigenvalue weighted by Crippen LogP contribution is 2.31. The number of aliphatic hydroxyl groups excluding tert-OH is 2. The highest BCUT2D eigenvalue weighted by Gasteiger charge is 2.48. The Bertz CT molecular complexity index is 972. The molecule has 4 rings (SSSR count). The quantitative estimate of drug-likeness (QED) is 0.555. The molecule has 0 spiro atoms. The maximum Gasteiger partial charge on any atom is 0.295 e. The predicted molar refractivity (Wildman–Crippen MR) is 114 cm³/mol. The number of ether oxygens (including phenoxy) is 3. The first kappa shape index (κ1) is 22.0. The van der Waals surface area contributed by atoms with Gasteiger partial charge in [0.15, 0.2) is 6.10 Å². The van der Waals surface area contributed by atoms with Crippen molar-refractivity contribution in [1.29, 1.82) is 0 Å². The second-order valence-electron chi connectivity index (χ2n) is 8.09. The molecule has 0 aliphatic carbocycles. The summed E-state index contributed by atoms with van der Waals surface area (Å²) in [5.74, 6) is -0.467. The van der Waals surface area contributed by atoms with E-state index in [1.165, 1.54) is 6.07 Å². The van der Waals surface area contributed by atoms with Gasteiger partial charge in [0.1, 0.15) is 24.1 Å². The second kappa shape index (κ2) is 9.48. The number of benzene rings is 1. The molecule has 0 amide bonds. The molecule has 0 bridgehead atoms. The maximum atomic E-state index is 14.8. The highest BCUT2D eigenvalue weighted by atomic mass is 19.1. The summed E-state index contributed by atoms with van der Waals surface area (Å²) in [6, 6.07) is 3.44. The van der Waals surface area contributed by atoms with Crippen molar-refractivity contribution in [3.8, 4) is 6.01 Å². The minimum absolute atomic E-state index is 0.140. The van der Waals surface area contributed by atoms with E-state index in [2.05, 4.69) is 9.97 Å². The van der Waals surface area contributed by atoms with Gasteiger partial charge in [0.05, 0.1) is 24.2 Å². The van der Waals surface area contributed by atoms with Gasteiger partial charge in [0.2, 0.25) is 0 Å². The van der Waals surface area contributed by atoms with E-state index >= 15 is 0 Å². The third-order valence-electron chi connectivity index (χ3n) is 5.91. The second-order valence-corrected chi connectivity index (χ2v) is 8.09. The van der Waals surface area contributed by atoms with Crippen molar-refractivity contribution in [2.24, 2.45) is 0 Å². The van der Waals surface area contributed by atoms with Crippen LogP contribution in [0.3, 0.4) is 0 Å². The molecule has 3 unspecified atom stereocenters. The number of aromatic amines is 1. The van der Waals surface area contributed by atoms with Crippen LogP contribution in [0.15, 0.2) is 35.9 Å². The van der Waals surface area contributed by atoms with Crippen molar-refractivity contribution in [1.82, 2.24) is 9.97 Å². The van der Waals surface area contributed by atoms with Gasteiger partial charge in [-0.25, -0.2) is 4.39 Å². The summed E-state index contributed by atoms with van der Waals surface area (Å²) in [7, 11) is 0. The van der Waals surface area contributed by atoms with Gasteiger partial charge in [-0.15, -0.1) is 0 Å². The van der Waals surface area contributed by atoms with Gasteiger partial charge in [-0.2, -0.15) is 4.98 Å². The summed E-state index contributed by atoms with van der Waals surface area (Å²) < 4.78 is 31.8. The van der Waals surface area contributed by atoms with Crippen LogP contribution in [0, 0.1) is 5.82 Å². The van der Waals surface area contributed by atoms with E-state index in [-0.39, 0.29) is 49.3 Å². The van der Waals surface area contributed by atoms with Crippen molar-refractivity contribution >= 4 is 11.0 Å². The van der Waals surface area contributed by atoms with E-state index in [9.17, 15) is 9.50 Å². The lowest BCUT2D eigenvalue weighted by Gasteiger charge is -2.15. The average molecular weight is 432 g/mol. The fourth-order valence-electron chi connectivity index (χ4n) is 4.10. The van der Waals surface area contributed by atoms with Gasteiger partial charge < -0.3 is 29.4 Å². The van der Waals surface area contributed by atoms with Crippen LogP contribution < -0.4 is 4.74 Å². The molecule has 2 aromatic rings. The Morgan fingerprint density at radius 1 is 1.35 bits per heavy atom. The molecule has 7 nitrogen and oxygen atoms in total. The number of hydrogen-bond acceptors (Lipinski definition) is 6. The first-order valence-corrected chi connectivity index (χ1v) is 10.7. The minimum atomic E-state index is -0.646. The molecule has 0 radical (unpaired) electrons. The number of imidazole rings is 1. The van der Waals surface area contributed by atoms with Gasteiger partial charge in [-0.1, -0.05) is 30.7 Å². The van der Waals surface area contributed by atoms with E-state index in [1.807, 2.05) is 32.1 Å². The number of H-pyrrole nitrogens is 1. The Kier molecular flexibility index (Phi) is 6.71. The van der Waals surface area contributed by atoms with Crippen LogP contribution in [0.4, 0.5) is 4.39 Å². The van der Waals surface area contributed by atoms with E-state index in [0.717, 1.165) is 12.0 Å². The number of halogens is 1. The first-order chi connectivity index (χ1) is 15.0. The lowest BCUT2D eigenvalue weighted by atomic mass is 9.98. The SMILES string of the molecule is C/C=C(\C=C/C(C)c1cc2[nH]c(O[C@@H]3CO[C@@H]4C(O)COC43)nc2cc1F)CCCO. The van der Waals surface area contributed by atoms with Crippen molar-refractivity contribution < 1.29 is 28.8 Å². The first-order valence-electron chi connectivity index (χ1n) is 10.7. The van der Waals surface area contributed by atoms with E-state index < -0.39 is 6.10 Å². The molecule has 168 valence electrons. The highest BCUT2D eigenvalue weighted by molar-refractivity contribution is 5.77. The zero-order valence-electron chi connectivity index (χ0n) is 17.8. The van der Waals surface area contributed by atoms with Gasteiger partial charge in [0, 0.05) is 18.6 Å². The largest absolute Gasteiger partial charge is 0.456 e. The molecule has 2 aliphatic heterocycles. The molecule has 5 atom stereocenters. The Morgan fingerprint density at radius 3 is 2.94 bits per heavy atom. The molecule has 31 heavy (non-hydrogen) atoms. The van der Waals surface area contributed by atoms with Crippen LogP contribution in [0.25, 0.3) is 11.0 Å². The fraction of sp³-hybridized carbons (Fsp3) is 0.522. The minimum Gasteiger partial charge on any atom is -0.456 e. The topological polar surface area (TPSA) is 96.8 Å². The van der Waals surface area contributed by atoms with E-state index in [1.54, 1.807) is 6.07 Å². The smallest absolute Gasteiger partial charge is 0.295 e. The van der Waals surface area contributed by atoms with E-state index in [4.69, 9.17) is 19.3 Å². The average Bonchev–Trinajstić information content (AvgIpc) is 3.44. The third kappa shape index (κ3) is 4.67. The Labute approximate surface area is 180 Å². The number of nitrogens with zero attached hydrogens (tertiary/aromatic N) is 1. The number of nitrogens with one attached hydrogen (secondary N) is 1. The normalized spacial score (nSPS) is 27.3. The molecule has 8 heteroatoms. The van der Waals surface area contributed by atoms with Gasteiger partial charge in [-0.05, 0) is 31.4 Å². The van der Waals surface area contributed by atoms with Crippen molar-refractivity contribution in [2.45, 2.75) is 57.0 Å². The van der Waals surface area contributed by atoms with Crippen LogP contribution in [0.1, 0.15) is 38.2 Å². The molecule has 1 aromatic heterocycles. The van der Waals surface area contributed by atoms with Gasteiger partial charge >= 0.3 is 0 Å². The van der Waals surface area contributed by atoms with Crippen molar-refractivity contribution in [3.05, 3.63) is 47.3 Å². The lowest BCUT2D eigenvalue weighted by molar-refractivity contribution is 0.00706. The van der Waals surface area contributed by atoms with Gasteiger partial charge in [-0.3, -0.25) is 0 Å². The molecule has 2 fully saturated rings. The Morgan fingerprint density at radius 2 is 2.16 bits per heavy atom. The zero-order chi connectivity index (χ0) is 22.0. The fourth-order valence-corrected chi connectivity index (χ4v) is 4.10. The van der Waals surface area contributed by atoms with Crippen LogP contribution in [0.2, 0.25) is 0 Å². The number of rotatable bonds is 8. The summed E-state index contributed by atoms with van der Waals surface area (Å²) in [5.41, 5.74) is 2.83. The summed E-state index contributed by atoms with van der Waals surface area (Å²) in [4.78, 5) is 7.45. The molecule has 3 heterocycles. The maximum absolute atomic E-state index is 14.8. The summed E-state index contributed by atoms with van der Waals surface area (Å²) in [6.45, 7) is 4.57. The predicted octanol–water partition coefficient (Wildman–Crippen LogP) is 2.99. The summed E-state index contributed by atoms with van der Waals surface area (Å²) in [5, 5.41) is 18.9. The standard InChI is InChI=1S/C23H29FN2O5/c1-3-14(5-4-8-27)7-6-13(2)15-9-17-18(10-16(15)24)26-23(25-17)31-20-12-30-21-19(28)11-29-22(20)21/h3,6-7,9-10,13,19-22,27-28H,4-5,8,11-12H2,1-2H3,(H,25,26)/b7-6-,14-3-/t13?,19?,20-,21-,22?/m1/s1. The zero-order valence-corrected chi connectivity index (χ0v) is 17.8. The Balaban J connectivity index is 1.48. The summed E-state index contributed by atoms with van der Waals surface area (Å²) >= 11 is 0. The van der Waals surface area contributed by atoms with Crippen molar-refractivity contribution in [3.63, 3.8) is 0 Å². The number of aromatic nitrogens is 2. The van der Waals surface area contributed by atoms with E-state index in [0.29, 0.717) is 29.6 Å². The number of aliphatic hydroxyl groups is 2. The number of hydrogen-bond donors (Lipinski definition) is 3. The molecule has 3 N–H and O–H groups in total. The molecular weight excluding hydrogens is 403 g/mol. The lowest BCUT2D eigenvalue weighted by Crippen LogP contribution is -2.34.